The Kier molecular flexibility index (Phi) is 4.72. The Bertz CT molecular complexity index is 557. The van der Waals surface area contributed by atoms with E-state index in [0.29, 0.717) is 17.5 Å². The normalized spacial score (nSPS) is 24.4. The molecule has 2 heterocycles. The Labute approximate surface area is 134 Å². The number of amides is 2. The van der Waals surface area contributed by atoms with Crippen LogP contribution in [0.5, 0.6) is 0 Å². The van der Waals surface area contributed by atoms with Crippen LogP contribution < -0.4 is 0 Å². The predicted octanol–water partition coefficient (Wildman–Crippen LogP) is 1.03. The van der Waals surface area contributed by atoms with Gasteiger partial charge < -0.3 is 18.9 Å². The van der Waals surface area contributed by atoms with E-state index in [2.05, 4.69) is 0 Å². The van der Waals surface area contributed by atoms with Crippen LogP contribution in [0, 0.1) is 0 Å². The third-order valence-electron chi connectivity index (χ3n) is 4.05. The molecule has 0 atom stereocenters. The maximum absolute atomic E-state index is 12.4. The Morgan fingerprint density at radius 1 is 1.09 bits per heavy atom. The van der Waals surface area contributed by atoms with Crippen LogP contribution in [-0.2, 0) is 18.9 Å². The Balaban J connectivity index is 1.63. The zero-order valence-corrected chi connectivity index (χ0v) is 13.1. The second-order valence-electron chi connectivity index (χ2n) is 5.41. The van der Waals surface area contributed by atoms with E-state index < -0.39 is 18.6 Å². The van der Waals surface area contributed by atoms with Crippen molar-refractivity contribution >= 4 is 11.8 Å². The van der Waals surface area contributed by atoms with E-state index in [1.165, 1.54) is 4.90 Å². The van der Waals surface area contributed by atoms with Crippen molar-refractivity contribution in [3.05, 3.63) is 35.4 Å². The molecule has 2 amide bonds. The van der Waals surface area contributed by atoms with Crippen molar-refractivity contribution in [1.82, 2.24) is 4.90 Å². The molecular formula is C16H19NO6. The Hall–Kier alpha value is -1.80. The lowest BCUT2D eigenvalue weighted by Gasteiger charge is -2.34. The zero-order valence-electron chi connectivity index (χ0n) is 13.1. The van der Waals surface area contributed by atoms with Crippen LogP contribution in [0.15, 0.2) is 24.3 Å². The maximum atomic E-state index is 12.4. The summed E-state index contributed by atoms with van der Waals surface area (Å²) in [4.78, 5) is 26.1. The molecule has 23 heavy (non-hydrogen) atoms. The molecule has 0 saturated carbocycles. The first kappa shape index (κ1) is 16.1. The molecule has 0 bridgehead atoms. The van der Waals surface area contributed by atoms with Crippen LogP contribution in [-0.4, -0.2) is 62.8 Å². The third-order valence-corrected chi connectivity index (χ3v) is 4.05. The number of benzene rings is 1. The number of carbonyl (C=O) groups excluding carboxylic acids is 2. The van der Waals surface area contributed by atoms with Gasteiger partial charge in [0.05, 0.1) is 30.4 Å². The molecule has 1 aromatic carbocycles. The van der Waals surface area contributed by atoms with Crippen molar-refractivity contribution in [1.29, 1.82) is 0 Å². The lowest BCUT2D eigenvalue weighted by atomic mass is 10.1. The topological polar surface area (TPSA) is 74.3 Å². The van der Waals surface area contributed by atoms with Gasteiger partial charge in [0.25, 0.3) is 11.8 Å². The Morgan fingerprint density at radius 3 is 2.09 bits per heavy atom. The molecule has 3 rings (SSSR count). The summed E-state index contributed by atoms with van der Waals surface area (Å²) in [6.45, 7) is 0.465. The number of fused-ring (bicyclic) bond motifs is 1. The summed E-state index contributed by atoms with van der Waals surface area (Å²) in [5.74, 6) is -0.596. The third kappa shape index (κ3) is 3.00. The zero-order chi connectivity index (χ0) is 16.4. The van der Waals surface area contributed by atoms with E-state index >= 15 is 0 Å². The highest BCUT2D eigenvalue weighted by molar-refractivity contribution is 6.21. The lowest BCUT2D eigenvalue weighted by Crippen LogP contribution is -2.50. The minimum Gasteiger partial charge on any atom is -0.356 e. The standard InChI is InChI=1S/C16H19NO6/c1-20-13(21-2)7-14-22-8-10(9-23-14)17-15(18)11-5-3-4-6-12(11)16(17)19/h3-6,10,13-14H,7-9H2,1-2H3/t10-,14-. The van der Waals surface area contributed by atoms with Gasteiger partial charge in [-0.15, -0.1) is 0 Å². The summed E-state index contributed by atoms with van der Waals surface area (Å²) >= 11 is 0. The van der Waals surface area contributed by atoms with Crippen molar-refractivity contribution in [2.75, 3.05) is 27.4 Å². The van der Waals surface area contributed by atoms with Crippen LogP contribution in [0.3, 0.4) is 0 Å². The van der Waals surface area contributed by atoms with Gasteiger partial charge in [-0.05, 0) is 12.1 Å². The molecule has 7 nitrogen and oxygen atoms in total. The van der Waals surface area contributed by atoms with Crippen LogP contribution in [0.25, 0.3) is 0 Å². The van der Waals surface area contributed by atoms with E-state index in [1.807, 2.05) is 0 Å². The summed E-state index contributed by atoms with van der Waals surface area (Å²) < 4.78 is 21.4. The first-order chi connectivity index (χ1) is 11.2. The summed E-state index contributed by atoms with van der Waals surface area (Å²) in [6, 6.07) is 6.37. The second kappa shape index (κ2) is 6.76. The van der Waals surface area contributed by atoms with Crippen LogP contribution in [0.2, 0.25) is 0 Å². The largest absolute Gasteiger partial charge is 0.356 e. The molecule has 0 aliphatic carbocycles. The fraction of sp³-hybridized carbons (Fsp3) is 0.500. The molecular weight excluding hydrogens is 302 g/mol. The molecule has 1 fully saturated rings. The number of rotatable bonds is 5. The number of carbonyl (C=O) groups is 2. The summed E-state index contributed by atoms with van der Waals surface area (Å²) in [5.41, 5.74) is 0.858. The molecule has 7 heteroatoms. The molecule has 1 aromatic rings. The smallest absolute Gasteiger partial charge is 0.261 e. The minimum absolute atomic E-state index is 0.232. The van der Waals surface area contributed by atoms with Crippen molar-refractivity contribution in [2.24, 2.45) is 0 Å². The van der Waals surface area contributed by atoms with Gasteiger partial charge in [0.1, 0.15) is 0 Å². The fourth-order valence-electron chi connectivity index (χ4n) is 2.80. The minimum atomic E-state index is -0.480. The highest BCUT2D eigenvalue weighted by Gasteiger charge is 2.41. The molecule has 0 aromatic heterocycles. The summed E-state index contributed by atoms with van der Waals surface area (Å²) in [6.07, 6.45) is -0.482. The van der Waals surface area contributed by atoms with Gasteiger partial charge in [-0.3, -0.25) is 14.5 Å². The van der Waals surface area contributed by atoms with Gasteiger partial charge >= 0.3 is 0 Å². The quantitative estimate of drug-likeness (QED) is 0.596. The molecule has 0 spiro atoms. The van der Waals surface area contributed by atoms with Crippen molar-refractivity contribution in [2.45, 2.75) is 25.0 Å². The number of hydrogen-bond acceptors (Lipinski definition) is 6. The van der Waals surface area contributed by atoms with E-state index in [-0.39, 0.29) is 25.0 Å². The van der Waals surface area contributed by atoms with E-state index in [0.717, 1.165) is 0 Å². The van der Waals surface area contributed by atoms with Gasteiger partial charge in [-0.1, -0.05) is 12.1 Å². The molecule has 2 aliphatic heterocycles. The van der Waals surface area contributed by atoms with E-state index in [4.69, 9.17) is 18.9 Å². The van der Waals surface area contributed by atoms with E-state index in [9.17, 15) is 9.59 Å². The molecule has 0 unspecified atom stereocenters. The van der Waals surface area contributed by atoms with Gasteiger partial charge in [0, 0.05) is 20.6 Å². The number of ether oxygens (including phenoxy) is 4. The van der Waals surface area contributed by atoms with Crippen molar-refractivity contribution in [3.8, 4) is 0 Å². The fourth-order valence-corrected chi connectivity index (χ4v) is 2.80. The summed E-state index contributed by atoms with van der Waals surface area (Å²) in [7, 11) is 3.08. The van der Waals surface area contributed by atoms with Crippen LogP contribution >= 0.6 is 0 Å². The first-order valence-corrected chi connectivity index (χ1v) is 7.41. The van der Waals surface area contributed by atoms with Crippen molar-refractivity contribution < 1.29 is 28.5 Å². The lowest BCUT2D eigenvalue weighted by molar-refractivity contribution is -0.232. The predicted molar refractivity (Wildman–Crippen MR) is 78.8 cm³/mol. The van der Waals surface area contributed by atoms with Crippen LogP contribution in [0.1, 0.15) is 27.1 Å². The Morgan fingerprint density at radius 2 is 1.61 bits per heavy atom. The monoisotopic (exact) mass is 321 g/mol. The molecule has 0 N–H and O–H groups in total. The average Bonchev–Trinajstić information content (AvgIpc) is 2.85. The molecule has 0 radical (unpaired) electrons. The van der Waals surface area contributed by atoms with Crippen LogP contribution in [0.4, 0.5) is 0 Å². The molecule has 124 valence electrons. The number of nitrogens with zero attached hydrogens (tertiary/aromatic N) is 1. The average molecular weight is 321 g/mol. The van der Waals surface area contributed by atoms with Gasteiger partial charge in [0.2, 0.25) is 0 Å². The van der Waals surface area contributed by atoms with E-state index in [1.54, 1.807) is 38.5 Å². The number of imide groups is 1. The highest BCUT2D eigenvalue weighted by Crippen LogP contribution is 2.26. The molecule has 2 aliphatic rings. The number of hydrogen-bond donors (Lipinski definition) is 0. The molecule has 1 saturated heterocycles. The highest BCUT2D eigenvalue weighted by atomic mass is 16.7. The second-order valence-corrected chi connectivity index (χ2v) is 5.41. The summed E-state index contributed by atoms with van der Waals surface area (Å²) in [5, 5.41) is 0. The van der Waals surface area contributed by atoms with Gasteiger partial charge in [-0.25, -0.2) is 0 Å². The maximum Gasteiger partial charge on any atom is 0.261 e. The van der Waals surface area contributed by atoms with Gasteiger partial charge in [-0.2, -0.15) is 0 Å². The number of methoxy groups -OCH3 is 2. The van der Waals surface area contributed by atoms with Gasteiger partial charge in [0.15, 0.2) is 12.6 Å². The SMILES string of the molecule is COC(C[C@H]1OC[C@H](N2C(=O)c3ccccc3C2=O)CO1)OC. The first-order valence-electron chi connectivity index (χ1n) is 7.41. The van der Waals surface area contributed by atoms with Crippen molar-refractivity contribution in [3.63, 3.8) is 0 Å².